The van der Waals surface area contributed by atoms with E-state index in [-0.39, 0.29) is 11.1 Å². The zero-order valence-electron chi connectivity index (χ0n) is 9.57. The van der Waals surface area contributed by atoms with Crippen LogP contribution in [0.1, 0.15) is 21.5 Å². The standard InChI is InChI=1S/C13H13NO2/c1-8-4-9(2)12-10(5-8)6-11(7-15)13(16)14(12)3/h4-7H,1-3H3. The van der Waals surface area contributed by atoms with Crippen molar-refractivity contribution in [3.63, 3.8) is 0 Å². The van der Waals surface area contributed by atoms with Gasteiger partial charge in [-0.15, -0.1) is 0 Å². The fraction of sp³-hybridized carbons (Fsp3) is 0.231. The molecule has 0 saturated carbocycles. The molecule has 0 aliphatic heterocycles. The minimum atomic E-state index is -0.241. The van der Waals surface area contributed by atoms with Crippen molar-refractivity contribution >= 4 is 17.2 Å². The Hall–Kier alpha value is -1.90. The lowest BCUT2D eigenvalue weighted by Gasteiger charge is -2.09. The Balaban J connectivity index is 3.04. The first-order valence-electron chi connectivity index (χ1n) is 5.10. The summed E-state index contributed by atoms with van der Waals surface area (Å²) in [5, 5.41) is 0.932. The molecule has 1 aromatic carbocycles. The molecule has 0 atom stereocenters. The van der Waals surface area contributed by atoms with Gasteiger partial charge in [-0.25, -0.2) is 0 Å². The second-order valence-corrected chi connectivity index (χ2v) is 4.10. The average Bonchev–Trinajstić information content (AvgIpc) is 2.22. The van der Waals surface area contributed by atoms with E-state index in [4.69, 9.17) is 0 Å². The third kappa shape index (κ3) is 1.45. The molecule has 3 nitrogen and oxygen atoms in total. The van der Waals surface area contributed by atoms with Crippen LogP contribution in [-0.4, -0.2) is 10.9 Å². The Kier molecular flexibility index (Phi) is 2.38. The molecule has 0 unspecified atom stereocenters. The summed E-state index contributed by atoms with van der Waals surface area (Å²) in [5.74, 6) is 0. The van der Waals surface area contributed by atoms with E-state index >= 15 is 0 Å². The number of aldehydes is 1. The zero-order chi connectivity index (χ0) is 11.9. The molecule has 1 aromatic heterocycles. The van der Waals surface area contributed by atoms with Crippen LogP contribution in [-0.2, 0) is 7.05 Å². The summed E-state index contributed by atoms with van der Waals surface area (Å²) in [7, 11) is 1.69. The van der Waals surface area contributed by atoms with Crippen LogP contribution in [0.5, 0.6) is 0 Å². The maximum absolute atomic E-state index is 11.8. The number of hydrogen-bond donors (Lipinski definition) is 0. The van der Waals surface area contributed by atoms with Crippen molar-refractivity contribution < 1.29 is 4.79 Å². The van der Waals surface area contributed by atoms with Crippen molar-refractivity contribution in [1.29, 1.82) is 0 Å². The lowest BCUT2D eigenvalue weighted by Crippen LogP contribution is -2.21. The fourth-order valence-electron chi connectivity index (χ4n) is 2.17. The van der Waals surface area contributed by atoms with Gasteiger partial charge in [-0.3, -0.25) is 9.59 Å². The van der Waals surface area contributed by atoms with Crippen molar-refractivity contribution in [2.24, 2.45) is 7.05 Å². The van der Waals surface area contributed by atoms with Gasteiger partial charge >= 0.3 is 0 Å². The molecule has 0 aliphatic rings. The lowest BCUT2D eigenvalue weighted by molar-refractivity contribution is 0.112. The van der Waals surface area contributed by atoms with Crippen LogP contribution in [0.3, 0.4) is 0 Å². The molecule has 0 fully saturated rings. The van der Waals surface area contributed by atoms with Crippen LogP contribution in [0.15, 0.2) is 23.0 Å². The SMILES string of the molecule is Cc1cc(C)c2c(c1)cc(C=O)c(=O)n2C. The van der Waals surface area contributed by atoms with Crippen LogP contribution in [0.25, 0.3) is 10.9 Å². The molecule has 16 heavy (non-hydrogen) atoms. The van der Waals surface area contributed by atoms with E-state index in [1.54, 1.807) is 13.1 Å². The molecule has 0 N–H and O–H groups in total. The maximum Gasteiger partial charge on any atom is 0.261 e. The van der Waals surface area contributed by atoms with Crippen molar-refractivity contribution in [3.8, 4) is 0 Å². The number of carbonyl (C=O) groups is 1. The molecular formula is C13H13NO2. The van der Waals surface area contributed by atoms with E-state index in [9.17, 15) is 9.59 Å². The Morgan fingerprint density at radius 3 is 2.50 bits per heavy atom. The third-order valence-electron chi connectivity index (χ3n) is 2.80. The van der Waals surface area contributed by atoms with Crippen molar-refractivity contribution in [2.75, 3.05) is 0 Å². The molecule has 0 saturated heterocycles. The number of aromatic nitrogens is 1. The number of carbonyl (C=O) groups excluding carboxylic acids is 1. The quantitative estimate of drug-likeness (QED) is 0.682. The van der Waals surface area contributed by atoms with Crippen molar-refractivity contribution in [3.05, 3.63) is 45.2 Å². The monoisotopic (exact) mass is 215 g/mol. The molecule has 0 aliphatic carbocycles. The maximum atomic E-state index is 11.8. The van der Waals surface area contributed by atoms with Gasteiger partial charge in [0.2, 0.25) is 0 Å². The highest BCUT2D eigenvalue weighted by Gasteiger charge is 2.08. The minimum absolute atomic E-state index is 0.208. The molecule has 3 heteroatoms. The smallest absolute Gasteiger partial charge is 0.261 e. The summed E-state index contributed by atoms with van der Waals surface area (Å²) in [6, 6.07) is 5.67. The number of nitrogens with zero attached hydrogens (tertiary/aromatic N) is 1. The summed E-state index contributed by atoms with van der Waals surface area (Å²) in [6.45, 7) is 3.97. The number of pyridine rings is 1. The Morgan fingerprint density at radius 2 is 1.88 bits per heavy atom. The molecule has 2 aromatic rings. The van der Waals surface area contributed by atoms with Crippen LogP contribution >= 0.6 is 0 Å². The van der Waals surface area contributed by atoms with E-state index in [0.717, 1.165) is 22.0 Å². The first kappa shape index (κ1) is 10.6. The summed E-state index contributed by atoms with van der Waals surface area (Å²) < 4.78 is 1.54. The van der Waals surface area contributed by atoms with Gasteiger partial charge in [-0.05, 0) is 36.9 Å². The van der Waals surface area contributed by atoms with Gasteiger partial charge in [0.15, 0.2) is 6.29 Å². The lowest BCUT2D eigenvalue weighted by atomic mass is 10.1. The van der Waals surface area contributed by atoms with Gasteiger partial charge in [0.05, 0.1) is 11.1 Å². The second-order valence-electron chi connectivity index (χ2n) is 4.10. The van der Waals surface area contributed by atoms with E-state index in [1.165, 1.54) is 4.57 Å². The summed E-state index contributed by atoms with van der Waals surface area (Å²) in [6.07, 6.45) is 0.611. The average molecular weight is 215 g/mol. The highest BCUT2D eigenvalue weighted by molar-refractivity contribution is 5.88. The van der Waals surface area contributed by atoms with Gasteiger partial charge in [0.1, 0.15) is 0 Å². The largest absolute Gasteiger partial charge is 0.310 e. The van der Waals surface area contributed by atoms with E-state index < -0.39 is 0 Å². The molecule has 1 heterocycles. The van der Waals surface area contributed by atoms with E-state index in [0.29, 0.717) is 6.29 Å². The number of benzene rings is 1. The number of rotatable bonds is 1. The summed E-state index contributed by atoms with van der Waals surface area (Å²) in [5.41, 5.74) is 3.03. The Morgan fingerprint density at radius 1 is 1.19 bits per heavy atom. The van der Waals surface area contributed by atoms with Gasteiger partial charge in [0.25, 0.3) is 5.56 Å². The number of fused-ring (bicyclic) bond motifs is 1. The van der Waals surface area contributed by atoms with E-state index in [1.807, 2.05) is 26.0 Å². The predicted molar refractivity (Wildman–Crippen MR) is 64.1 cm³/mol. The first-order chi connectivity index (χ1) is 7.54. The minimum Gasteiger partial charge on any atom is -0.310 e. The third-order valence-corrected chi connectivity index (χ3v) is 2.80. The summed E-state index contributed by atoms with van der Waals surface area (Å²) >= 11 is 0. The van der Waals surface area contributed by atoms with Gasteiger partial charge < -0.3 is 4.57 Å². The van der Waals surface area contributed by atoms with Crippen LogP contribution in [0.4, 0.5) is 0 Å². The molecule has 82 valence electrons. The molecule has 0 radical (unpaired) electrons. The highest BCUT2D eigenvalue weighted by Crippen LogP contribution is 2.19. The number of hydrogen-bond acceptors (Lipinski definition) is 2. The molecule has 0 bridgehead atoms. The Bertz CT molecular complexity index is 638. The van der Waals surface area contributed by atoms with Crippen molar-refractivity contribution in [1.82, 2.24) is 4.57 Å². The molecule has 2 rings (SSSR count). The van der Waals surface area contributed by atoms with Crippen molar-refractivity contribution in [2.45, 2.75) is 13.8 Å². The fourth-order valence-corrected chi connectivity index (χ4v) is 2.17. The zero-order valence-corrected chi connectivity index (χ0v) is 9.57. The predicted octanol–water partition coefficient (Wildman–Crippen LogP) is 1.97. The topological polar surface area (TPSA) is 39.1 Å². The van der Waals surface area contributed by atoms with Crippen LogP contribution < -0.4 is 5.56 Å². The van der Waals surface area contributed by atoms with Gasteiger partial charge in [-0.2, -0.15) is 0 Å². The first-order valence-corrected chi connectivity index (χ1v) is 5.10. The molecule has 0 spiro atoms. The molecule has 0 amide bonds. The second kappa shape index (κ2) is 3.59. The van der Waals surface area contributed by atoms with E-state index in [2.05, 4.69) is 0 Å². The Labute approximate surface area is 93.3 Å². The van der Waals surface area contributed by atoms with Crippen LogP contribution in [0, 0.1) is 13.8 Å². The highest BCUT2D eigenvalue weighted by atomic mass is 16.1. The summed E-state index contributed by atoms with van der Waals surface area (Å²) in [4.78, 5) is 22.6. The van der Waals surface area contributed by atoms with Gasteiger partial charge in [-0.1, -0.05) is 11.6 Å². The van der Waals surface area contributed by atoms with Gasteiger partial charge in [0, 0.05) is 7.05 Å². The normalized spacial score (nSPS) is 10.7. The molecular weight excluding hydrogens is 202 g/mol. The van der Waals surface area contributed by atoms with Crippen LogP contribution in [0.2, 0.25) is 0 Å². The number of aryl methyl sites for hydroxylation is 3.